The molecule has 3 aromatic rings. The highest BCUT2D eigenvalue weighted by Crippen LogP contribution is 2.33. The molecule has 0 saturated carbocycles. The number of ether oxygens (including phenoxy) is 4. The van der Waals surface area contributed by atoms with Crippen LogP contribution in [0.1, 0.15) is 17.0 Å². The molecule has 0 fully saturated rings. The van der Waals surface area contributed by atoms with Crippen molar-refractivity contribution < 1.29 is 28.2 Å². The molecule has 2 aliphatic heterocycles. The Balaban J connectivity index is 1.20. The van der Waals surface area contributed by atoms with Gasteiger partial charge in [-0.1, -0.05) is 17.2 Å². The molecule has 2 aliphatic rings. The minimum atomic E-state index is -0.265. The summed E-state index contributed by atoms with van der Waals surface area (Å²) in [5, 5.41) is 10.5. The van der Waals surface area contributed by atoms with Crippen molar-refractivity contribution in [1.82, 2.24) is 10.2 Å². The molecule has 29 heavy (non-hydrogen) atoms. The molecule has 1 N–H and O–H groups in total. The number of anilines is 1. The third-order valence-electron chi connectivity index (χ3n) is 4.48. The van der Waals surface area contributed by atoms with Gasteiger partial charge >= 0.3 is 6.01 Å². The predicted octanol–water partition coefficient (Wildman–Crippen LogP) is 2.34. The monoisotopic (exact) mass is 395 g/mol. The van der Waals surface area contributed by atoms with E-state index in [0.29, 0.717) is 42.8 Å². The second-order valence-electron chi connectivity index (χ2n) is 6.57. The standard InChI is InChI=1S/C20H17N3O6/c24-18(9-12-1-4-15-17(7-12)28-11-27-15)21-20-23-22-19(29-20)10-13-2-3-14-16(8-13)26-6-5-25-14/h1-4,7-8H,5-6,9-11H2,(H,21,23,24). The summed E-state index contributed by atoms with van der Waals surface area (Å²) < 4.78 is 27.2. The van der Waals surface area contributed by atoms with E-state index in [-0.39, 0.29) is 25.1 Å². The van der Waals surface area contributed by atoms with Gasteiger partial charge in [-0.25, -0.2) is 0 Å². The Bertz CT molecular complexity index is 1060. The molecule has 148 valence electrons. The first-order chi connectivity index (χ1) is 14.2. The average Bonchev–Trinajstić information content (AvgIpc) is 3.36. The Morgan fingerprint density at radius 1 is 0.862 bits per heavy atom. The summed E-state index contributed by atoms with van der Waals surface area (Å²) in [5.74, 6) is 2.86. The molecule has 0 saturated heterocycles. The van der Waals surface area contributed by atoms with Crippen LogP contribution < -0.4 is 24.3 Å². The minimum Gasteiger partial charge on any atom is -0.486 e. The Kier molecular flexibility index (Phi) is 4.39. The Hall–Kier alpha value is -3.75. The summed E-state index contributed by atoms with van der Waals surface area (Å²) in [7, 11) is 0. The van der Waals surface area contributed by atoms with Gasteiger partial charge in [0.1, 0.15) is 13.2 Å². The van der Waals surface area contributed by atoms with Crippen molar-refractivity contribution >= 4 is 11.9 Å². The van der Waals surface area contributed by atoms with Crippen molar-refractivity contribution in [2.45, 2.75) is 12.8 Å². The number of benzene rings is 2. The minimum absolute atomic E-state index is 0.0586. The maximum Gasteiger partial charge on any atom is 0.322 e. The van der Waals surface area contributed by atoms with E-state index in [1.54, 1.807) is 12.1 Å². The third-order valence-corrected chi connectivity index (χ3v) is 4.48. The fourth-order valence-electron chi connectivity index (χ4n) is 3.15. The second kappa shape index (κ2) is 7.34. The number of hydrogen-bond donors (Lipinski definition) is 1. The van der Waals surface area contributed by atoms with Crippen LogP contribution in [0.5, 0.6) is 23.0 Å². The van der Waals surface area contributed by atoms with E-state index in [1.807, 2.05) is 24.3 Å². The molecule has 1 amide bonds. The molecular formula is C20H17N3O6. The zero-order chi connectivity index (χ0) is 19.6. The summed E-state index contributed by atoms with van der Waals surface area (Å²) in [6, 6.07) is 11.1. The van der Waals surface area contributed by atoms with Crippen LogP contribution in [0, 0.1) is 0 Å². The van der Waals surface area contributed by atoms with Crippen molar-refractivity contribution in [1.29, 1.82) is 0 Å². The van der Waals surface area contributed by atoms with E-state index in [0.717, 1.165) is 16.9 Å². The zero-order valence-corrected chi connectivity index (χ0v) is 15.3. The van der Waals surface area contributed by atoms with E-state index >= 15 is 0 Å². The fraction of sp³-hybridized carbons (Fsp3) is 0.250. The number of fused-ring (bicyclic) bond motifs is 2. The predicted molar refractivity (Wildman–Crippen MR) is 99.4 cm³/mol. The number of amides is 1. The molecule has 0 unspecified atom stereocenters. The van der Waals surface area contributed by atoms with Crippen LogP contribution in [0.2, 0.25) is 0 Å². The van der Waals surface area contributed by atoms with Crippen LogP contribution in [-0.2, 0) is 17.6 Å². The molecule has 9 nitrogen and oxygen atoms in total. The van der Waals surface area contributed by atoms with E-state index < -0.39 is 0 Å². The van der Waals surface area contributed by atoms with Crippen molar-refractivity contribution in [3.05, 3.63) is 53.4 Å². The van der Waals surface area contributed by atoms with Gasteiger partial charge < -0.3 is 23.4 Å². The van der Waals surface area contributed by atoms with Gasteiger partial charge in [-0.3, -0.25) is 10.1 Å². The van der Waals surface area contributed by atoms with Gasteiger partial charge in [-0.05, 0) is 35.4 Å². The van der Waals surface area contributed by atoms with Gasteiger partial charge in [0.2, 0.25) is 18.6 Å². The number of aromatic nitrogens is 2. The maximum absolute atomic E-state index is 12.3. The number of carbonyl (C=O) groups is 1. The van der Waals surface area contributed by atoms with Crippen LogP contribution in [0.15, 0.2) is 40.8 Å². The highest BCUT2D eigenvalue weighted by molar-refractivity contribution is 5.90. The van der Waals surface area contributed by atoms with Gasteiger partial charge in [0.15, 0.2) is 23.0 Å². The molecule has 0 atom stereocenters. The lowest BCUT2D eigenvalue weighted by molar-refractivity contribution is -0.115. The Labute approximate surface area is 165 Å². The highest BCUT2D eigenvalue weighted by atomic mass is 16.7. The maximum atomic E-state index is 12.3. The van der Waals surface area contributed by atoms with Crippen LogP contribution >= 0.6 is 0 Å². The first-order valence-electron chi connectivity index (χ1n) is 9.12. The highest BCUT2D eigenvalue weighted by Gasteiger charge is 2.17. The summed E-state index contributed by atoms with van der Waals surface area (Å²) in [6.45, 7) is 1.26. The van der Waals surface area contributed by atoms with Gasteiger partial charge in [0.25, 0.3) is 0 Å². The lowest BCUT2D eigenvalue weighted by atomic mass is 10.1. The molecule has 0 bridgehead atoms. The topological polar surface area (TPSA) is 105 Å². The molecule has 0 aliphatic carbocycles. The van der Waals surface area contributed by atoms with E-state index in [4.69, 9.17) is 23.4 Å². The molecule has 5 rings (SSSR count). The van der Waals surface area contributed by atoms with Gasteiger partial charge in [0, 0.05) is 0 Å². The third kappa shape index (κ3) is 3.79. The van der Waals surface area contributed by atoms with Crippen molar-refractivity contribution in [2.75, 3.05) is 25.3 Å². The van der Waals surface area contributed by atoms with Crippen LogP contribution in [0.25, 0.3) is 0 Å². The quantitative estimate of drug-likeness (QED) is 0.702. The SMILES string of the molecule is O=C(Cc1ccc2c(c1)OCO2)Nc1nnc(Cc2ccc3c(c2)OCCO3)o1. The van der Waals surface area contributed by atoms with Gasteiger partial charge in [-0.15, -0.1) is 5.10 Å². The molecular weight excluding hydrogens is 378 g/mol. The molecule has 3 heterocycles. The zero-order valence-electron chi connectivity index (χ0n) is 15.3. The van der Waals surface area contributed by atoms with Crippen LogP contribution in [0.4, 0.5) is 6.01 Å². The molecule has 9 heteroatoms. The van der Waals surface area contributed by atoms with Gasteiger partial charge in [-0.2, -0.15) is 0 Å². The number of rotatable bonds is 5. The van der Waals surface area contributed by atoms with Crippen molar-refractivity contribution in [3.63, 3.8) is 0 Å². The Morgan fingerprint density at radius 2 is 1.55 bits per heavy atom. The first-order valence-corrected chi connectivity index (χ1v) is 9.12. The van der Waals surface area contributed by atoms with E-state index in [2.05, 4.69) is 15.5 Å². The first kappa shape index (κ1) is 17.4. The summed E-state index contributed by atoms with van der Waals surface area (Å²) in [4.78, 5) is 12.3. The lowest BCUT2D eigenvalue weighted by Crippen LogP contribution is -2.15. The van der Waals surface area contributed by atoms with Gasteiger partial charge in [0.05, 0.1) is 12.8 Å². The lowest BCUT2D eigenvalue weighted by Gasteiger charge is -2.18. The van der Waals surface area contributed by atoms with E-state index in [1.165, 1.54) is 0 Å². The molecule has 1 aromatic heterocycles. The van der Waals surface area contributed by atoms with Crippen molar-refractivity contribution in [2.24, 2.45) is 0 Å². The molecule has 0 spiro atoms. The molecule has 2 aromatic carbocycles. The smallest absolute Gasteiger partial charge is 0.322 e. The largest absolute Gasteiger partial charge is 0.486 e. The Morgan fingerprint density at radius 3 is 2.45 bits per heavy atom. The number of nitrogens with one attached hydrogen (secondary N) is 1. The normalized spacial score (nSPS) is 13.9. The number of hydrogen-bond acceptors (Lipinski definition) is 8. The van der Waals surface area contributed by atoms with Crippen molar-refractivity contribution in [3.8, 4) is 23.0 Å². The van der Waals surface area contributed by atoms with E-state index in [9.17, 15) is 4.79 Å². The summed E-state index contributed by atoms with van der Waals surface area (Å²) in [6.07, 6.45) is 0.568. The average molecular weight is 395 g/mol. The molecule has 0 radical (unpaired) electrons. The number of carbonyl (C=O) groups excluding carboxylic acids is 1. The van der Waals surface area contributed by atoms with Crippen LogP contribution in [-0.4, -0.2) is 36.1 Å². The number of nitrogens with zero attached hydrogens (tertiary/aromatic N) is 2. The second-order valence-corrected chi connectivity index (χ2v) is 6.57. The fourth-order valence-corrected chi connectivity index (χ4v) is 3.15. The summed E-state index contributed by atoms with van der Waals surface area (Å²) >= 11 is 0. The summed E-state index contributed by atoms with van der Waals surface area (Å²) in [5.41, 5.74) is 1.74. The van der Waals surface area contributed by atoms with Crippen LogP contribution in [0.3, 0.4) is 0 Å².